The van der Waals surface area contributed by atoms with E-state index in [1.54, 1.807) is 19.1 Å². The van der Waals surface area contributed by atoms with Crippen LogP contribution in [-0.2, 0) is 6.54 Å². The molecule has 2 aromatic rings. The largest absolute Gasteiger partial charge is 0.573 e. The third-order valence-corrected chi connectivity index (χ3v) is 3.10. The first-order chi connectivity index (χ1) is 11.7. The van der Waals surface area contributed by atoms with Crippen molar-refractivity contribution in [2.24, 2.45) is 0 Å². The molecule has 0 radical (unpaired) electrons. The summed E-state index contributed by atoms with van der Waals surface area (Å²) >= 11 is 0. The fraction of sp³-hybridized carbons (Fsp3) is 0.188. The number of hydrogen-bond donors (Lipinski definition) is 3. The van der Waals surface area contributed by atoms with Gasteiger partial charge in [-0.2, -0.15) is 0 Å². The van der Waals surface area contributed by atoms with Crippen LogP contribution in [0.2, 0.25) is 0 Å². The zero-order valence-corrected chi connectivity index (χ0v) is 13.1. The summed E-state index contributed by atoms with van der Waals surface area (Å²) < 4.78 is 53.2. The van der Waals surface area contributed by atoms with Gasteiger partial charge < -0.3 is 10.1 Å². The number of urea groups is 1. The number of benzene rings is 2. The molecule has 0 aliphatic heterocycles. The molecule has 0 aliphatic rings. The predicted molar refractivity (Wildman–Crippen MR) is 83.3 cm³/mol. The van der Waals surface area contributed by atoms with Crippen molar-refractivity contribution in [3.63, 3.8) is 0 Å². The number of hydrogen-bond acceptors (Lipinski definition) is 3. The van der Waals surface area contributed by atoms with Gasteiger partial charge in [-0.1, -0.05) is 12.1 Å². The van der Waals surface area contributed by atoms with Gasteiger partial charge in [0.1, 0.15) is 11.6 Å². The van der Waals surface area contributed by atoms with E-state index >= 15 is 0 Å². The van der Waals surface area contributed by atoms with E-state index in [4.69, 9.17) is 0 Å². The lowest BCUT2D eigenvalue weighted by molar-refractivity contribution is -0.274. The van der Waals surface area contributed by atoms with Gasteiger partial charge in [0.05, 0.1) is 5.69 Å². The number of aryl methyl sites for hydroxylation is 1. The third kappa shape index (κ3) is 6.21. The molecule has 0 saturated heterocycles. The maximum Gasteiger partial charge on any atom is 0.573 e. The fourth-order valence-corrected chi connectivity index (χ4v) is 1.84. The summed E-state index contributed by atoms with van der Waals surface area (Å²) in [7, 11) is 0. The lowest BCUT2D eigenvalue weighted by Gasteiger charge is -2.12. The number of nitrogens with one attached hydrogen (secondary N) is 3. The third-order valence-electron chi connectivity index (χ3n) is 3.10. The summed E-state index contributed by atoms with van der Waals surface area (Å²) in [5, 5.41) is 2.51. The molecule has 5 nitrogen and oxygen atoms in total. The smallest absolute Gasteiger partial charge is 0.406 e. The average Bonchev–Trinajstić information content (AvgIpc) is 2.54. The molecule has 2 rings (SSSR count). The maximum atomic E-state index is 13.4. The van der Waals surface area contributed by atoms with Crippen molar-refractivity contribution in [2.75, 3.05) is 5.43 Å². The first kappa shape index (κ1) is 18.4. The number of amides is 2. The van der Waals surface area contributed by atoms with Gasteiger partial charge >= 0.3 is 12.4 Å². The SMILES string of the molecule is Cc1ccc(CNC(=O)NNc2ccc(OC(F)(F)F)cc2)cc1F. The molecule has 0 aromatic heterocycles. The van der Waals surface area contributed by atoms with Gasteiger partial charge in [0, 0.05) is 6.54 Å². The Morgan fingerprint density at radius 3 is 2.40 bits per heavy atom. The van der Waals surface area contributed by atoms with Gasteiger partial charge in [-0.15, -0.1) is 13.2 Å². The first-order valence-electron chi connectivity index (χ1n) is 7.13. The topological polar surface area (TPSA) is 62.4 Å². The number of carbonyl (C=O) groups is 1. The predicted octanol–water partition coefficient (Wildman–Crippen LogP) is 3.86. The molecule has 0 spiro atoms. The van der Waals surface area contributed by atoms with E-state index in [0.29, 0.717) is 16.8 Å². The summed E-state index contributed by atoms with van der Waals surface area (Å²) in [5.74, 6) is -0.733. The zero-order valence-electron chi connectivity index (χ0n) is 13.1. The second-order valence-electron chi connectivity index (χ2n) is 5.09. The van der Waals surface area contributed by atoms with Gasteiger partial charge in [0.2, 0.25) is 0 Å². The number of rotatable bonds is 5. The van der Waals surface area contributed by atoms with Crippen molar-refractivity contribution in [3.05, 3.63) is 59.4 Å². The molecule has 9 heteroatoms. The molecular formula is C16H15F4N3O2. The van der Waals surface area contributed by atoms with Crippen LogP contribution in [0, 0.1) is 12.7 Å². The number of ether oxygens (including phenoxy) is 1. The second-order valence-corrected chi connectivity index (χ2v) is 5.09. The molecule has 25 heavy (non-hydrogen) atoms. The highest BCUT2D eigenvalue weighted by atomic mass is 19.4. The molecular weight excluding hydrogens is 342 g/mol. The highest BCUT2D eigenvalue weighted by Crippen LogP contribution is 2.23. The number of hydrazine groups is 1. The zero-order chi connectivity index (χ0) is 18.4. The van der Waals surface area contributed by atoms with Crippen LogP contribution >= 0.6 is 0 Å². The summed E-state index contributed by atoms with van der Waals surface area (Å²) in [6, 6.07) is 8.83. The molecule has 0 heterocycles. The summed E-state index contributed by atoms with van der Waals surface area (Å²) in [5.41, 5.74) is 6.27. The van der Waals surface area contributed by atoms with E-state index in [9.17, 15) is 22.4 Å². The van der Waals surface area contributed by atoms with Crippen molar-refractivity contribution in [3.8, 4) is 5.75 Å². The average molecular weight is 357 g/mol. The fourth-order valence-electron chi connectivity index (χ4n) is 1.84. The van der Waals surface area contributed by atoms with Gasteiger partial charge in [-0.05, 0) is 48.4 Å². The van der Waals surface area contributed by atoms with Crippen molar-refractivity contribution in [1.82, 2.24) is 10.7 Å². The Hall–Kier alpha value is -2.97. The monoisotopic (exact) mass is 357 g/mol. The van der Waals surface area contributed by atoms with Gasteiger partial charge in [0.15, 0.2) is 0 Å². The summed E-state index contributed by atoms with van der Waals surface area (Å²) in [6.07, 6.45) is -4.76. The summed E-state index contributed by atoms with van der Waals surface area (Å²) in [6.45, 7) is 1.75. The van der Waals surface area contributed by atoms with E-state index in [0.717, 1.165) is 12.1 Å². The normalized spacial score (nSPS) is 10.9. The molecule has 3 N–H and O–H groups in total. The van der Waals surface area contributed by atoms with E-state index in [-0.39, 0.29) is 18.1 Å². The number of alkyl halides is 3. The van der Waals surface area contributed by atoms with Crippen LogP contribution in [-0.4, -0.2) is 12.4 Å². The van der Waals surface area contributed by atoms with Crippen LogP contribution < -0.4 is 20.9 Å². The maximum absolute atomic E-state index is 13.4. The quantitative estimate of drug-likeness (QED) is 0.563. The molecule has 0 bridgehead atoms. The van der Waals surface area contributed by atoms with Crippen LogP contribution in [0.1, 0.15) is 11.1 Å². The minimum Gasteiger partial charge on any atom is -0.406 e. The van der Waals surface area contributed by atoms with Gasteiger partial charge in [-0.25, -0.2) is 9.18 Å². The van der Waals surface area contributed by atoms with Crippen LogP contribution in [0.3, 0.4) is 0 Å². The van der Waals surface area contributed by atoms with E-state index in [1.807, 2.05) is 0 Å². The summed E-state index contributed by atoms with van der Waals surface area (Å²) in [4.78, 5) is 11.6. The van der Waals surface area contributed by atoms with Crippen molar-refractivity contribution < 1.29 is 27.1 Å². The van der Waals surface area contributed by atoms with Crippen LogP contribution in [0.4, 0.5) is 28.0 Å². The Balaban J connectivity index is 1.78. The first-order valence-corrected chi connectivity index (χ1v) is 7.13. The molecule has 134 valence electrons. The van der Waals surface area contributed by atoms with Gasteiger partial charge in [0.25, 0.3) is 0 Å². The second kappa shape index (κ2) is 7.73. The highest BCUT2D eigenvalue weighted by molar-refractivity contribution is 5.75. The van der Waals surface area contributed by atoms with E-state index in [2.05, 4.69) is 20.9 Å². The molecule has 0 unspecified atom stereocenters. The number of carbonyl (C=O) groups excluding carboxylic acids is 1. The van der Waals surface area contributed by atoms with Crippen molar-refractivity contribution >= 4 is 11.7 Å². The molecule has 0 saturated carbocycles. The van der Waals surface area contributed by atoms with E-state index < -0.39 is 12.4 Å². The molecule has 0 atom stereocenters. The Morgan fingerprint density at radius 2 is 1.80 bits per heavy atom. The van der Waals surface area contributed by atoms with Crippen LogP contribution in [0.5, 0.6) is 5.75 Å². The lowest BCUT2D eigenvalue weighted by atomic mass is 10.1. The number of anilines is 1. The Bertz CT molecular complexity index is 733. The molecule has 2 amide bonds. The van der Waals surface area contributed by atoms with Gasteiger partial charge in [-0.3, -0.25) is 10.9 Å². The molecule has 0 fully saturated rings. The van der Waals surface area contributed by atoms with Crippen LogP contribution in [0.15, 0.2) is 42.5 Å². The van der Waals surface area contributed by atoms with E-state index in [1.165, 1.54) is 18.2 Å². The minimum absolute atomic E-state index is 0.114. The molecule has 2 aromatic carbocycles. The van der Waals surface area contributed by atoms with Crippen molar-refractivity contribution in [2.45, 2.75) is 19.8 Å². The Kier molecular flexibility index (Phi) is 5.68. The van der Waals surface area contributed by atoms with Crippen molar-refractivity contribution in [1.29, 1.82) is 0 Å². The standard InChI is InChI=1S/C16H15F4N3O2/c1-10-2-3-11(8-14(10)17)9-21-15(24)23-22-12-4-6-13(7-5-12)25-16(18,19)20/h2-8,22H,9H2,1H3,(H2,21,23,24). The number of halogens is 4. The highest BCUT2D eigenvalue weighted by Gasteiger charge is 2.30. The van der Waals surface area contributed by atoms with Crippen LogP contribution in [0.25, 0.3) is 0 Å². The molecule has 0 aliphatic carbocycles. The lowest BCUT2D eigenvalue weighted by Crippen LogP contribution is -2.38. The minimum atomic E-state index is -4.76. The Labute approximate surface area is 141 Å². The Morgan fingerprint density at radius 1 is 1.12 bits per heavy atom.